The molecule has 0 bridgehead atoms. The normalized spacial score (nSPS) is 16.3. The quantitative estimate of drug-likeness (QED) is 0.611. The van der Waals surface area contributed by atoms with Crippen LogP contribution in [0.3, 0.4) is 0 Å². The minimum atomic E-state index is -1.06. The summed E-state index contributed by atoms with van der Waals surface area (Å²) in [5, 5.41) is 22.3. The molecule has 0 saturated carbocycles. The van der Waals surface area contributed by atoms with Crippen molar-refractivity contribution in [3.8, 4) is 6.07 Å². The van der Waals surface area contributed by atoms with Crippen LogP contribution in [0.5, 0.6) is 0 Å². The monoisotopic (exact) mass is 435 g/mol. The zero-order chi connectivity index (χ0) is 23.0. The molecule has 0 radical (unpaired) electrons. The molecule has 9 heteroatoms. The average molecular weight is 435 g/mol. The lowest BCUT2D eigenvalue weighted by atomic mass is 10.0. The number of aryl methyl sites for hydroxylation is 1. The molecule has 1 fully saturated rings. The van der Waals surface area contributed by atoms with E-state index in [9.17, 15) is 24.3 Å². The number of halogens is 1. The number of rotatable bonds is 6. The second-order valence-corrected chi connectivity index (χ2v) is 7.90. The number of pyridine rings is 1. The van der Waals surface area contributed by atoms with Crippen molar-refractivity contribution >= 4 is 23.1 Å². The maximum Gasteiger partial charge on any atom is 0.337 e. The van der Waals surface area contributed by atoms with E-state index in [4.69, 9.17) is 0 Å². The maximum absolute atomic E-state index is 13.3. The Morgan fingerprint density at radius 3 is 2.81 bits per heavy atom. The number of carbonyl (C=O) groups is 1. The summed E-state index contributed by atoms with van der Waals surface area (Å²) in [5.74, 6) is -0.866. The minimum Gasteiger partial charge on any atom is -0.478 e. The fourth-order valence-corrected chi connectivity index (χ4v) is 4.01. The van der Waals surface area contributed by atoms with Gasteiger partial charge < -0.3 is 15.3 Å². The second-order valence-electron chi connectivity index (χ2n) is 7.90. The molecular formula is C23H22FN5O3. The van der Waals surface area contributed by atoms with E-state index >= 15 is 0 Å². The highest BCUT2D eigenvalue weighted by atomic mass is 19.1. The molecule has 1 aliphatic rings. The lowest BCUT2D eigenvalue weighted by Gasteiger charge is -2.40. The van der Waals surface area contributed by atoms with Gasteiger partial charge in [-0.25, -0.2) is 14.2 Å². The Morgan fingerprint density at radius 1 is 1.44 bits per heavy atom. The topological polar surface area (TPSA) is 111 Å². The number of hydrogen-bond acceptors (Lipinski definition) is 6. The molecule has 0 aliphatic carbocycles. The second kappa shape index (κ2) is 8.30. The Balaban J connectivity index is 1.87. The van der Waals surface area contributed by atoms with Gasteiger partial charge in [0.05, 0.1) is 17.6 Å². The Morgan fingerprint density at radius 2 is 2.19 bits per heavy atom. The van der Waals surface area contributed by atoms with Crippen molar-refractivity contribution in [2.75, 3.05) is 23.4 Å². The number of anilines is 2. The summed E-state index contributed by atoms with van der Waals surface area (Å²) in [5.41, 5.74) is 1.70. The first-order chi connectivity index (χ1) is 15.3. The molecule has 2 N–H and O–H groups in total. The molecular weight excluding hydrogens is 413 g/mol. The largest absolute Gasteiger partial charge is 0.478 e. The Kier molecular flexibility index (Phi) is 5.53. The van der Waals surface area contributed by atoms with E-state index < -0.39 is 30.3 Å². The first-order valence-corrected chi connectivity index (χ1v) is 10.2. The molecule has 4 rings (SSSR count). The number of fused-ring (bicyclic) bond motifs is 1. The number of hydrogen-bond donors (Lipinski definition) is 2. The molecule has 1 aliphatic heterocycles. The van der Waals surface area contributed by atoms with Gasteiger partial charge in [0.25, 0.3) is 5.56 Å². The molecule has 1 aromatic carbocycles. The van der Waals surface area contributed by atoms with Gasteiger partial charge in [-0.1, -0.05) is 12.1 Å². The summed E-state index contributed by atoms with van der Waals surface area (Å²) >= 11 is 0. The van der Waals surface area contributed by atoms with Crippen LogP contribution in [-0.4, -0.2) is 39.7 Å². The number of alkyl halides is 1. The maximum atomic E-state index is 13.3. The van der Waals surface area contributed by atoms with Crippen LogP contribution in [0, 0.1) is 18.3 Å². The highest BCUT2D eigenvalue weighted by Gasteiger charge is 2.32. The Labute approximate surface area is 183 Å². The third-order valence-electron chi connectivity index (χ3n) is 5.77. The van der Waals surface area contributed by atoms with E-state index in [1.165, 1.54) is 10.5 Å². The number of carboxylic acids is 1. The lowest BCUT2D eigenvalue weighted by Crippen LogP contribution is -2.50. The number of aromatic nitrogens is 2. The number of benzene rings is 1. The summed E-state index contributed by atoms with van der Waals surface area (Å²) in [6.07, 6.45) is 2.24. The van der Waals surface area contributed by atoms with Gasteiger partial charge in [0, 0.05) is 24.0 Å². The van der Waals surface area contributed by atoms with Gasteiger partial charge in [0.2, 0.25) is 0 Å². The van der Waals surface area contributed by atoms with Crippen molar-refractivity contribution < 1.29 is 14.3 Å². The van der Waals surface area contributed by atoms with Crippen molar-refractivity contribution in [2.24, 2.45) is 0 Å². The molecule has 32 heavy (non-hydrogen) atoms. The third-order valence-corrected chi connectivity index (χ3v) is 5.77. The molecule has 164 valence electrons. The number of aromatic carboxylic acids is 1. The minimum absolute atomic E-state index is 0.117. The Bertz CT molecular complexity index is 1310. The van der Waals surface area contributed by atoms with Crippen molar-refractivity contribution in [1.29, 1.82) is 5.26 Å². The molecule has 1 saturated heterocycles. The summed E-state index contributed by atoms with van der Waals surface area (Å²) in [7, 11) is 0. The number of nitrogens with zero attached hydrogens (tertiary/aromatic N) is 4. The van der Waals surface area contributed by atoms with Crippen LogP contribution < -0.4 is 15.8 Å². The molecule has 3 aromatic rings. The van der Waals surface area contributed by atoms with Crippen LogP contribution in [0.4, 0.5) is 15.9 Å². The van der Waals surface area contributed by atoms with Gasteiger partial charge in [0.1, 0.15) is 18.4 Å². The first kappa shape index (κ1) is 21.3. The fraction of sp³-hybridized carbons (Fsp3) is 0.304. The van der Waals surface area contributed by atoms with Crippen LogP contribution in [0.15, 0.2) is 41.3 Å². The van der Waals surface area contributed by atoms with Crippen LogP contribution in [-0.2, 0) is 0 Å². The lowest BCUT2D eigenvalue weighted by molar-refractivity contribution is 0.0698. The van der Waals surface area contributed by atoms with Gasteiger partial charge in [-0.15, -0.1) is 0 Å². The standard InChI is InChI=1S/C23H22FN5O3/c1-13-9-17(14(2)26-19-6-4-3-5-16(19)23(31)32)20-27-21(28-8-7-15(28)10-24)18(11-25)22(30)29(20)12-13/h3-6,9,12,14-15,26H,7-8,10H2,1-2H3,(H,31,32)/t14-,15?/m1/s1. The van der Waals surface area contributed by atoms with Gasteiger partial charge in [-0.3, -0.25) is 9.20 Å². The van der Waals surface area contributed by atoms with Gasteiger partial charge >= 0.3 is 5.97 Å². The van der Waals surface area contributed by atoms with Gasteiger partial charge in [0.15, 0.2) is 11.4 Å². The summed E-state index contributed by atoms with van der Waals surface area (Å²) in [6, 6.07) is 9.54. The van der Waals surface area contributed by atoms with E-state index in [1.807, 2.05) is 26.0 Å². The number of nitrogens with one attached hydrogen (secondary N) is 1. The van der Waals surface area contributed by atoms with E-state index in [-0.39, 0.29) is 16.9 Å². The van der Waals surface area contributed by atoms with Crippen molar-refractivity contribution in [3.63, 3.8) is 0 Å². The number of carboxylic acid groups (broad SMARTS) is 1. The fourth-order valence-electron chi connectivity index (χ4n) is 4.01. The molecule has 0 spiro atoms. The number of nitriles is 1. The smallest absolute Gasteiger partial charge is 0.337 e. The summed E-state index contributed by atoms with van der Waals surface area (Å²) < 4.78 is 14.7. The average Bonchev–Trinajstić information content (AvgIpc) is 2.74. The van der Waals surface area contributed by atoms with Crippen molar-refractivity contribution in [3.05, 3.63) is 69.1 Å². The van der Waals surface area contributed by atoms with Gasteiger partial charge in [-0.05, 0) is 44.0 Å². The van der Waals surface area contributed by atoms with E-state index in [0.29, 0.717) is 29.9 Å². The Hall–Kier alpha value is -3.93. The van der Waals surface area contributed by atoms with Crippen LogP contribution in [0.1, 0.15) is 46.4 Å². The molecule has 3 heterocycles. The third kappa shape index (κ3) is 3.54. The molecule has 0 amide bonds. The predicted molar refractivity (Wildman–Crippen MR) is 118 cm³/mol. The molecule has 8 nitrogen and oxygen atoms in total. The molecule has 2 aromatic heterocycles. The number of para-hydroxylation sites is 1. The highest BCUT2D eigenvalue weighted by molar-refractivity contribution is 5.94. The van der Waals surface area contributed by atoms with E-state index in [2.05, 4.69) is 10.3 Å². The predicted octanol–water partition coefficient (Wildman–Crippen LogP) is 3.29. The zero-order valence-corrected chi connectivity index (χ0v) is 17.7. The molecule has 1 unspecified atom stereocenters. The van der Waals surface area contributed by atoms with Crippen molar-refractivity contribution in [2.45, 2.75) is 32.4 Å². The summed E-state index contributed by atoms with van der Waals surface area (Å²) in [6.45, 7) is 3.59. The van der Waals surface area contributed by atoms with Crippen LogP contribution in [0.25, 0.3) is 5.65 Å². The van der Waals surface area contributed by atoms with Gasteiger partial charge in [-0.2, -0.15) is 5.26 Å². The van der Waals surface area contributed by atoms with E-state index in [0.717, 1.165) is 5.56 Å². The van der Waals surface area contributed by atoms with Crippen LogP contribution in [0.2, 0.25) is 0 Å². The zero-order valence-electron chi connectivity index (χ0n) is 17.7. The van der Waals surface area contributed by atoms with E-state index in [1.54, 1.807) is 29.3 Å². The SMILES string of the molecule is Cc1cc([C@@H](C)Nc2ccccc2C(=O)O)c2nc(N3CCC3CF)c(C#N)c(=O)n2c1. The van der Waals surface area contributed by atoms with Crippen LogP contribution >= 0.6 is 0 Å². The van der Waals surface area contributed by atoms with Crippen molar-refractivity contribution in [1.82, 2.24) is 9.38 Å². The summed E-state index contributed by atoms with van der Waals surface area (Å²) in [4.78, 5) is 31.0. The molecule has 2 atom stereocenters. The first-order valence-electron chi connectivity index (χ1n) is 10.2. The highest BCUT2D eigenvalue weighted by Crippen LogP contribution is 2.30.